The van der Waals surface area contributed by atoms with E-state index in [4.69, 9.17) is 4.74 Å². The van der Waals surface area contributed by atoms with Crippen LogP contribution in [0.15, 0.2) is 18.2 Å². The first-order valence-corrected chi connectivity index (χ1v) is 8.56. The zero-order chi connectivity index (χ0) is 18.0. The SMILES string of the molecule is COc1ccc(F)c(CNC(=O)N2CCC3(CCN(C)C3=O)CC2)c1. The summed E-state index contributed by atoms with van der Waals surface area (Å²) < 4.78 is 18.9. The molecule has 3 amide bonds. The first kappa shape index (κ1) is 17.5. The number of likely N-dealkylation sites (tertiary alicyclic amines) is 2. The summed E-state index contributed by atoms with van der Waals surface area (Å²) in [6.45, 7) is 1.99. The van der Waals surface area contributed by atoms with E-state index in [1.54, 1.807) is 21.9 Å². The molecule has 25 heavy (non-hydrogen) atoms. The van der Waals surface area contributed by atoms with Gasteiger partial charge in [-0.05, 0) is 37.5 Å². The lowest BCUT2D eigenvalue weighted by molar-refractivity contribution is -0.137. The lowest BCUT2D eigenvalue weighted by Gasteiger charge is -2.37. The van der Waals surface area contributed by atoms with Crippen LogP contribution in [0.4, 0.5) is 9.18 Å². The Morgan fingerprint density at radius 2 is 1.96 bits per heavy atom. The van der Waals surface area contributed by atoms with Gasteiger partial charge in [-0.15, -0.1) is 0 Å². The highest BCUT2D eigenvalue weighted by Gasteiger charge is 2.47. The summed E-state index contributed by atoms with van der Waals surface area (Å²) in [5, 5.41) is 2.76. The van der Waals surface area contributed by atoms with Gasteiger partial charge in [0.25, 0.3) is 0 Å². The third-order valence-electron chi connectivity index (χ3n) is 5.42. The average Bonchev–Trinajstić information content (AvgIpc) is 2.90. The Balaban J connectivity index is 1.54. The first-order chi connectivity index (χ1) is 11.9. The monoisotopic (exact) mass is 349 g/mol. The fourth-order valence-corrected chi connectivity index (χ4v) is 3.69. The highest BCUT2D eigenvalue weighted by atomic mass is 19.1. The molecule has 0 atom stereocenters. The maximum atomic E-state index is 13.8. The van der Waals surface area contributed by atoms with Gasteiger partial charge in [0.1, 0.15) is 11.6 Å². The van der Waals surface area contributed by atoms with Gasteiger partial charge in [0, 0.05) is 38.8 Å². The fraction of sp³-hybridized carbons (Fsp3) is 0.556. The van der Waals surface area contributed by atoms with Gasteiger partial charge in [-0.1, -0.05) is 0 Å². The number of halogens is 1. The van der Waals surface area contributed by atoms with Crippen LogP contribution in [0.25, 0.3) is 0 Å². The van der Waals surface area contributed by atoms with Crippen LogP contribution >= 0.6 is 0 Å². The predicted octanol–water partition coefficient (Wildman–Crippen LogP) is 1.99. The summed E-state index contributed by atoms with van der Waals surface area (Å²) in [5.74, 6) is 0.374. The molecule has 1 aromatic rings. The van der Waals surface area contributed by atoms with Crippen molar-refractivity contribution in [3.8, 4) is 5.75 Å². The van der Waals surface area contributed by atoms with E-state index >= 15 is 0 Å². The minimum absolute atomic E-state index is 0.102. The number of hydrogen-bond donors (Lipinski definition) is 1. The van der Waals surface area contributed by atoms with E-state index in [0.29, 0.717) is 37.2 Å². The van der Waals surface area contributed by atoms with Crippen LogP contribution in [0.1, 0.15) is 24.8 Å². The molecule has 0 unspecified atom stereocenters. The zero-order valence-electron chi connectivity index (χ0n) is 14.7. The van der Waals surface area contributed by atoms with Gasteiger partial charge < -0.3 is 19.9 Å². The van der Waals surface area contributed by atoms with E-state index in [-0.39, 0.29) is 29.7 Å². The van der Waals surface area contributed by atoms with Crippen molar-refractivity contribution in [2.24, 2.45) is 5.41 Å². The van der Waals surface area contributed by atoms with Crippen LogP contribution in [0.5, 0.6) is 5.75 Å². The molecule has 2 aliphatic heterocycles. The van der Waals surface area contributed by atoms with E-state index in [0.717, 1.165) is 13.0 Å². The number of nitrogens with one attached hydrogen (secondary N) is 1. The van der Waals surface area contributed by atoms with Crippen LogP contribution in [0.2, 0.25) is 0 Å². The summed E-state index contributed by atoms with van der Waals surface area (Å²) in [4.78, 5) is 28.2. The molecule has 3 rings (SSSR count). The number of benzene rings is 1. The topological polar surface area (TPSA) is 61.9 Å². The molecule has 7 heteroatoms. The highest BCUT2D eigenvalue weighted by Crippen LogP contribution is 2.40. The maximum absolute atomic E-state index is 13.8. The number of rotatable bonds is 3. The molecule has 0 aliphatic carbocycles. The summed E-state index contributed by atoms with van der Waals surface area (Å²) in [6, 6.07) is 4.22. The number of nitrogens with zero attached hydrogens (tertiary/aromatic N) is 2. The number of ether oxygens (including phenoxy) is 1. The number of urea groups is 1. The molecule has 2 saturated heterocycles. The van der Waals surface area contributed by atoms with Gasteiger partial charge in [-0.25, -0.2) is 9.18 Å². The quantitative estimate of drug-likeness (QED) is 0.908. The van der Waals surface area contributed by atoms with E-state index in [9.17, 15) is 14.0 Å². The largest absolute Gasteiger partial charge is 0.497 e. The van der Waals surface area contributed by atoms with Crippen molar-refractivity contribution >= 4 is 11.9 Å². The average molecular weight is 349 g/mol. The Hall–Kier alpha value is -2.31. The van der Waals surface area contributed by atoms with Crippen LogP contribution in [0.3, 0.4) is 0 Å². The minimum atomic E-state index is -0.377. The number of piperidine rings is 1. The van der Waals surface area contributed by atoms with Crippen LogP contribution in [0, 0.1) is 11.2 Å². The molecular weight excluding hydrogens is 325 g/mol. The van der Waals surface area contributed by atoms with Gasteiger partial charge in [0.05, 0.1) is 12.5 Å². The second kappa shape index (κ2) is 6.90. The molecule has 6 nitrogen and oxygen atoms in total. The van der Waals surface area contributed by atoms with Crippen molar-refractivity contribution in [1.82, 2.24) is 15.1 Å². The van der Waals surface area contributed by atoms with Crippen molar-refractivity contribution in [2.75, 3.05) is 33.8 Å². The normalized spacial score (nSPS) is 19.4. The number of carbonyl (C=O) groups excluding carboxylic acids is 2. The van der Waals surface area contributed by atoms with E-state index < -0.39 is 0 Å². The molecule has 0 saturated carbocycles. The van der Waals surface area contributed by atoms with Crippen LogP contribution in [-0.2, 0) is 11.3 Å². The summed E-state index contributed by atoms with van der Waals surface area (Å²) in [7, 11) is 3.35. The van der Waals surface area contributed by atoms with Crippen molar-refractivity contribution < 1.29 is 18.7 Å². The molecule has 1 aromatic carbocycles. The lowest BCUT2D eigenvalue weighted by Crippen LogP contribution is -2.49. The first-order valence-electron chi connectivity index (χ1n) is 8.56. The molecule has 0 aromatic heterocycles. The number of amides is 3. The van der Waals surface area contributed by atoms with Gasteiger partial charge >= 0.3 is 6.03 Å². The Kier molecular flexibility index (Phi) is 4.83. The van der Waals surface area contributed by atoms with Crippen LogP contribution < -0.4 is 10.1 Å². The van der Waals surface area contributed by atoms with Crippen molar-refractivity contribution in [3.63, 3.8) is 0 Å². The van der Waals surface area contributed by atoms with Crippen LogP contribution in [-0.4, -0.2) is 55.5 Å². The van der Waals surface area contributed by atoms with Crippen molar-refractivity contribution in [2.45, 2.75) is 25.8 Å². The standard InChI is InChI=1S/C18H24FN3O3/c1-21-8-5-18(16(21)23)6-9-22(10-7-18)17(24)20-12-13-11-14(25-2)3-4-15(13)19/h3-4,11H,5-10,12H2,1-2H3,(H,20,24). The zero-order valence-corrected chi connectivity index (χ0v) is 14.7. The molecule has 136 valence electrons. The highest BCUT2D eigenvalue weighted by molar-refractivity contribution is 5.85. The Morgan fingerprint density at radius 1 is 1.28 bits per heavy atom. The molecule has 0 radical (unpaired) electrons. The Morgan fingerprint density at radius 3 is 2.56 bits per heavy atom. The molecule has 1 N–H and O–H groups in total. The summed E-state index contributed by atoms with van der Waals surface area (Å²) in [6.07, 6.45) is 2.25. The Bertz CT molecular complexity index is 672. The predicted molar refractivity (Wildman–Crippen MR) is 90.7 cm³/mol. The smallest absolute Gasteiger partial charge is 0.317 e. The fourth-order valence-electron chi connectivity index (χ4n) is 3.69. The van der Waals surface area contributed by atoms with E-state index in [2.05, 4.69) is 5.32 Å². The third-order valence-corrected chi connectivity index (χ3v) is 5.42. The lowest BCUT2D eigenvalue weighted by atomic mass is 9.77. The number of carbonyl (C=O) groups is 2. The van der Waals surface area contributed by atoms with Crippen molar-refractivity contribution in [1.29, 1.82) is 0 Å². The molecular formula is C18H24FN3O3. The molecule has 0 bridgehead atoms. The summed E-state index contributed by atoms with van der Waals surface area (Å²) >= 11 is 0. The van der Waals surface area contributed by atoms with E-state index in [1.165, 1.54) is 13.2 Å². The molecule has 2 aliphatic rings. The Labute approximate surface area is 146 Å². The van der Waals surface area contributed by atoms with Gasteiger partial charge in [-0.3, -0.25) is 4.79 Å². The van der Waals surface area contributed by atoms with Gasteiger partial charge in [-0.2, -0.15) is 0 Å². The second-order valence-corrected chi connectivity index (χ2v) is 6.86. The third kappa shape index (κ3) is 3.41. The number of methoxy groups -OCH3 is 1. The maximum Gasteiger partial charge on any atom is 0.317 e. The van der Waals surface area contributed by atoms with E-state index in [1.807, 2.05) is 7.05 Å². The minimum Gasteiger partial charge on any atom is -0.497 e. The van der Waals surface area contributed by atoms with Crippen molar-refractivity contribution in [3.05, 3.63) is 29.6 Å². The molecule has 2 heterocycles. The number of hydrogen-bond acceptors (Lipinski definition) is 3. The van der Waals surface area contributed by atoms with Gasteiger partial charge in [0.15, 0.2) is 0 Å². The molecule has 1 spiro atoms. The molecule has 2 fully saturated rings. The summed E-state index contributed by atoms with van der Waals surface area (Å²) in [5.41, 5.74) is 0.0959. The van der Waals surface area contributed by atoms with Gasteiger partial charge in [0.2, 0.25) is 5.91 Å². The second-order valence-electron chi connectivity index (χ2n) is 6.86.